The maximum Gasteiger partial charge on any atom is 0.272 e. The third-order valence-electron chi connectivity index (χ3n) is 2.77. The number of aryl methyl sites for hydroxylation is 2. The molecule has 0 fully saturated rings. The number of nitro benzene ring substituents is 2. The number of phenols is 2. The lowest BCUT2D eigenvalue weighted by Gasteiger charge is -1.95. The van der Waals surface area contributed by atoms with Gasteiger partial charge in [0.25, 0.3) is 11.4 Å². The molecule has 2 aromatic rings. The van der Waals surface area contributed by atoms with Crippen LogP contribution in [0.1, 0.15) is 11.1 Å². The van der Waals surface area contributed by atoms with Crippen molar-refractivity contribution in [3.05, 3.63) is 67.8 Å². The fourth-order valence-corrected chi connectivity index (χ4v) is 1.60. The van der Waals surface area contributed by atoms with Gasteiger partial charge in [0, 0.05) is 23.8 Å². The standard InChI is InChI=1S/2C7H7NO3/c1-5-4-6(9)2-3-7(5)8(10)11;1-5-4-6(8(10)11)2-3-7(5)9/h2*2-4,9H,1H3. The summed E-state index contributed by atoms with van der Waals surface area (Å²) >= 11 is 0. The van der Waals surface area contributed by atoms with Gasteiger partial charge in [0.2, 0.25) is 0 Å². The molecule has 0 saturated carbocycles. The Morgan fingerprint density at radius 1 is 0.864 bits per heavy atom. The summed E-state index contributed by atoms with van der Waals surface area (Å²) in [4.78, 5) is 19.5. The molecule has 2 rings (SSSR count). The zero-order chi connectivity index (χ0) is 16.9. The van der Waals surface area contributed by atoms with Gasteiger partial charge in [0.05, 0.1) is 9.85 Å². The van der Waals surface area contributed by atoms with E-state index in [0.717, 1.165) is 0 Å². The summed E-state index contributed by atoms with van der Waals surface area (Å²) in [5.74, 6) is 0.128. The van der Waals surface area contributed by atoms with Gasteiger partial charge in [0.1, 0.15) is 11.5 Å². The Labute approximate surface area is 125 Å². The van der Waals surface area contributed by atoms with Crippen LogP contribution in [0.15, 0.2) is 36.4 Å². The molecule has 0 atom stereocenters. The van der Waals surface area contributed by atoms with E-state index in [1.165, 1.54) is 36.4 Å². The fraction of sp³-hybridized carbons (Fsp3) is 0.143. The van der Waals surface area contributed by atoms with Crippen molar-refractivity contribution >= 4 is 11.4 Å². The van der Waals surface area contributed by atoms with Crippen LogP contribution in [0.5, 0.6) is 11.5 Å². The van der Waals surface area contributed by atoms with Gasteiger partial charge < -0.3 is 10.2 Å². The molecule has 2 aromatic carbocycles. The Hall–Kier alpha value is -3.16. The molecule has 0 aliphatic rings. The van der Waals surface area contributed by atoms with Crippen molar-refractivity contribution in [3.63, 3.8) is 0 Å². The molecule has 22 heavy (non-hydrogen) atoms. The third kappa shape index (κ3) is 4.44. The SMILES string of the molecule is Cc1cc(O)ccc1[N+](=O)[O-].Cc1cc([N+](=O)[O-])ccc1O. The fourth-order valence-electron chi connectivity index (χ4n) is 1.60. The number of phenolic OH excluding ortho intramolecular Hbond substituents is 2. The van der Waals surface area contributed by atoms with Crippen molar-refractivity contribution in [1.29, 1.82) is 0 Å². The summed E-state index contributed by atoms with van der Waals surface area (Å²) in [7, 11) is 0. The molecule has 0 aliphatic carbocycles. The molecule has 0 aliphatic heterocycles. The molecule has 8 nitrogen and oxygen atoms in total. The van der Waals surface area contributed by atoms with E-state index < -0.39 is 9.85 Å². The van der Waals surface area contributed by atoms with Crippen LogP contribution in [0, 0.1) is 34.1 Å². The molecule has 0 unspecified atom stereocenters. The maximum atomic E-state index is 10.3. The minimum atomic E-state index is -0.494. The van der Waals surface area contributed by atoms with Crippen molar-refractivity contribution < 1.29 is 20.1 Å². The first-order chi connectivity index (χ1) is 10.2. The molecule has 0 saturated heterocycles. The average molecular weight is 306 g/mol. The molecule has 8 heteroatoms. The van der Waals surface area contributed by atoms with Gasteiger partial charge in [-0.2, -0.15) is 0 Å². The predicted octanol–water partition coefficient (Wildman–Crippen LogP) is 3.22. The normalized spacial score (nSPS) is 9.55. The molecular formula is C14H14N2O6. The van der Waals surface area contributed by atoms with E-state index in [1.54, 1.807) is 13.8 Å². The number of nitrogens with zero attached hydrogens (tertiary/aromatic N) is 2. The van der Waals surface area contributed by atoms with Crippen molar-refractivity contribution in [2.75, 3.05) is 0 Å². The van der Waals surface area contributed by atoms with E-state index in [4.69, 9.17) is 10.2 Å². The van der Waals surface area contributed by atoms with Crippen LogP contribution in [-0.2, 0) is 0 Å². The highest BCUT2D eigenvalue weighted by Gasteiger charge is 2.09. The molecule has 0 spiro atoms. The van der Waals surface area contributed by atoms with E-state index in [1.807, 2.05) is 0 Å². The average Bonchev–Trinajstić information content (AvgIpc) is 2.41. The summed E-state index contributed by atoms with van der Waals surface area (Å²) in [6, 6.07) is 7.85. The van der Waals surface area contributed by atoms with E-state index in [-0.39, 0.29) is 22.9 Å². The minimum absolute atomic E-state index is 0.000278. The van der Waals surface area contributed by atoms with Crippen molar-refractivity contribution in [3.8, 4) is 11.5 Å². The van der Waals surface area contributed by atoms with Crippen LogP contribution < -0.4 is 0 Å². The second kappa shape index (κ2) is 7.02. The van der Waals surface area contributed by atoms with Crippen LogP contribution in [0.3, 0.4) is 0 Å². The van der Waals surface area contributed by atoms with Crippen LogP contribution in [0.25, 0.3) is 0 Å². The topological polar surface area (TPSA) is 127 Å². The van der Waals surface area contributed by atoms with Crippen molar-refractivity contribution in [2.45, 2.75) is 13.8 Å². The molecule has 0 heterocycles. The summed E-state index contributed by atoms with van der Waals surface area (Å²) in [5.41, 5.74) is 1.01. The molecular weight excluding hydrogens is 292 g/mol. The van der Waals surface area contributed by atoms with Gasteiger partial charge in [-0.3, -0.25) is 20.2 Å². The third-order valence-corrected chi connectivity index (χ3v) is 2.77. The number of rotatable bonds is 2. The molecule has 0 aromatic heterocycles. The second-order valence-corrected chi connectivity index (χ2v) is 4.46. The maximum absolute atomic E-state index is 10.3. The number of benzene rings is 2. The van der Waals surface area contributed by atoms with Gasteiger partial charge in [0.15, 0.2) is 0 Å². The van der Waals surface area contributed by atoms with E-state index in [9.17, 15) is 20.2 Å². The lowest BCUT2D eigenvalue weighted by Crippen LogP contribution is -1.90. The van der Waals surface area contributed by atoms with Gasteiger partial charge in [-0.05, 0) is 37.6 Å². The highest BCUT2D eigenvalue weighted by atomic mass is 16.6. The Bertz CT molecular complexity index is 714. The summed E-state index contributed by atoms with van der Waals surface area (Å²) in [6.07, 6.45) is 0. The van der Waals surface area contributed by atoms with Gasteiger partial charge >= 0.3 is 0 Å². The van der Waals surface area contributed by atoms with E-state index in [0.29, 0.717) is 11.1 Å². The predicted molar refractivity (Wildman–Crippen MR) is 79.0 cm³/mol. The number of hydrogen-bond acceptors (Lipinski definition) is 6. The van der Waals surface area contributed by atoms with Gasteiger partial charge in [-0.15, -0.1) is 0 Å². The summed E-state index contributed by atoms with van der Waals surface area (Å²) in [6.45, 7) is 3.19. The highest BCUT2D eigenvalue weighted by molar-refractivity contribution is 5.43. The number of nitro groups is 2. The minimum Gasteiger partial charge on any atom is -0.508 e. The number of aromatic hydroxyl groups is 2. The lowest BCUT2D eigenvalue weighted by molar-refractivity contribution is -0.385. The first kappa shape index (κ1) is 16.9. The second-order valence-electron chi connectivity index (χ2n) is 4.46. The summed E-state index contributed by atoms with van der Waals surface area (Å²) < 4.78 is 0. The molecule has 0 radical (unpaired) electrons. The number of hydrogen-bond donors (Lipinski definition) is 2. The molecule has 2 N–H and O–H groups in total. The van der Waals surface area contributed by atoms with E-state index >= 15 is 0 Å². The summed E-state index contributed by atoms with van der Waals surface area (Å²) in [5, 5.41) is 38.3. The van der Waals surface area contributed by atoms with Crippen molar-refractivity contribution in [1.82, 2.24) is 0 Å². The molecule has 0 amide bonds. The van der Waals surface area contributed by atoms with Crippen LogP contribution in [0.4, 0.5) is 11.4 Å². The van der Waals surface area contributed by atoms with Gasteiger partial charge in [-0.25, -0.2) is 0 Å². The molecule has 0 bridgehead atoms. The van der Waals surface area contributed by atoms with Crippen LogP contribution >= 0.6 is 0 Å². The Balaban J connectivity index is 0.000000220. The van der Waals surface area contributed by atoms with Gasteiger partial charge in [-0.1, -0.05) is 0 Å². The zero-order valence-electron chi connectivity index (χ0n) is 11.9. The Kier molecular flexibility index (Phi) is 5.39. The lowest BCUT2D eigenvalue weighted by atomic mass is 10.2. The van der Waals surface area contributed by atoms with Crippen LogP contribution in [-0.4, -0.2) is 20.1 Å². The van der Waals surface area contributed by atoms with E-state index in [2.05, 4.69) is 0 Å². The monoisotopic (exact) mass is 306 g/mol. The van der Waals surface area contributed by atoms with Crippen molar-refractivity contribution in [2.24, 2.45) is 0 Å². The zero-order valence-corrected chi connectivity index (χ0v) is 11.9. The number of non-ortho nitro benzene ring substituents is 1. The van der Waals surface area contributed by atoms with Crippen LogP contribution in [0.2, 0.25) is 0 Å². The first-order valence-electron chi connectivity index (χ1n) is 6.10. The largest absolute Gasteiger partial charge is 0.508 e. The quantitative estimate of drug-likeness (QED) is 0.647. The Morgan fingerprint density at radius 3 is 1.95 bits per heavy atom. The smallest absolute Gasteiger partial charge is 0.272 e. The Morgan fingerprint density at radius 2 is 1.50 bits per heavy atom. The first-order valence-corrected chi connectivity index (χ1v) is 6.10. The molecule has 116 valence electrons. The highest BCUT2D eigenvalue weighted by Crippen LogP contribution is 2.22.